The molecule has 3 N–H and O–H groups in total. The number of hydrogen-bond acceptors (Lipinski definition) is 4. The summed E-state index contributed by atoms with van der Waals surface area (Å²) in [7, 11) is 0. The van der Waals surface area contributed by atoms with Gasteiger partial charge in [-0.2, -0.15) is 0 Å². The van der Waals surface area contributed by atoms with E-state index in [0.717, 1.165) is 38.5 Å². The van der Waals surface area contributed by atoms with Crippen LogP contribution in [-0.4, -0.2) is 41.0 Å². The van der Waals surface area contributed by atoms with Crippen LogP contribution in [0.3, 0.4) is 0 Å². The second-order valence-corrected chi connectivity index (χ2v) is 9.41. The lowest BCUT2D eigenvalue weighted by atomic mass is 10.0. The van der Waals surface area contributed by atoms with Gasteiger partial charge in [-0.1, -0.05) is 79.8 Å². The first-order chi connectivity index (χ1) is 20.0. The van der Waals surface area contributed by atoms with Crippen LogP contribution in [0.1, 0.15) is 81.5 Å². The average molecular weight is 562 g/mol. The summed E-state index contributed by atoms with van der Waals surface area (Å²) in [4.78, 5) is 39.5. The number of aromatic nitrogens is 1. The van der Waals surface area contributed by atoms with E-state index >= 15 is 0 Å². The molecule has 0 aliphatic rings. The second kappa shape index (κ2) is 25.0. The third kappa shape index (κ3) is 20.6. The minimum atomic E-state index is -0.937. The first-order valence-electron chi connectivity index (χ1n) is 14.6. The lowest BCUT2D eigenvalue weighted by Gasteiger charge is -2.13. The molecule has 0 bridgehead atoms. The third-order valence-electron chi connectivity index (χ3n) is 6.00. The van der Waals surface area contributed by atoms with Gasteiger partial charge >= 0.3 is 5.97 Å². The number of nitrogens with zero attached hydrogens (tertiary/aromatic N) is 1. The number of carbonyl (C=O) groups excluding carboxylic acids is 2. The topological polar surface area (TPSA) is 108 Å². The van der Waals surface area contributed by atoms with Gasteiger partial charge in [0.15, 0.2) is 0 Å². The number of carboxylic acids is 1. The molecule has 7 nitrogen and oxygen atoms in total. The van der Waals surface area contributed by atoms with Crippen LogP contribution in [0.5, 0.6) is 0 Å². The number of allylic oxidation sites excluding steroid dienone is 12. The van der Waals surface area contributed by atoms with Crippen molar-refractivity contribution < 1.29 is 19.5 Å². The van der Waals surface area contributed by atoms with Crippen molar-refractivity contribution in [1.82, 2.24) is 15.6 Å². The summed E-state index contributed by atoms with van der Waals surface area (Å²) in [5.74, 6) is -1.97. The Morgan fingerprint density at radius 2 is 1.29 bits per heavy atom. The summed E-state index contributed by atoms with van der Waals surface area (Å²) in [6.45, 7) is 2.67. The maximum absolute atomic E-state index is 12.0. The van der Waals surface area contributed by atoms with Crippen LogP contribution < -0.4 is 10.6 Å². The van der Waals surface area contributed by atoms with Gasteiger partial charge in [0.25, 0.3) is 5.91 Å². The fourth-order valence-electron chi connectivity index (χ4n) is 3.68. The number of carbonyl (C=O) groups is 3. The van der Waals surface area contributed by atoms with Crippen LogP contribution in [0.15, 0.2) is 97.4 Å². The van der Waals surface area contributed by atoms with Gasteiger partial charge in [0.2, 0.25) is 5.91 Å². The Morgan fingerprint density at radius 1 is 0.780 bits per heavy atom. The van der Waals surface area contributed by atoms with Gasteiger partial charge in [-0.05, 0) is 69.9 Å². The second-order valence-electron chi connectivity index (χ2n) is 9.41. The minimum absolute atomic E-state index is 0.0986. The molecule has 0 radical (unpaired) electrons. The van der Waals surface area contributed by atoms with E-state index in [9.17, 15) is 19.5 Å². The molecule has 1 heterocycles. The Morgan fingerprint density at radius 3 is 1.78 bits per heavy atom. The number of hydrogen-bond donors (Lipinski definition) is 3. The predicted octanol–water partition coefficient (Wildman–Crippen LogP) is 6.89. The van der Waals surface area contributed by atoms with Gasteiger partial charge in [0.05, 0.1) is 11.5 Å². The van der Waals surface area contributed by atoms with Crippen molar-refractivity contribution in [3.05, 3.63) is 103 Å². The molecule has 0 aliphatic heterocycles. The minimum Gasteiger partial charge on any atom is -0.481 e. The predicted molar refractivity (Wildman–Crippen MR) is 167 cm³/mol. The number of carboxylic acid groups (broad SMARTS) is 1. The van der Waals surface area contributed by atoms with E-state index < -0.39 is 11.9 Å². The summed E-state index contributed by atoms with van der Waals surface area (Å²) in [6.07, 6.45) is 36.1. The molecular weight excluding hydrogens is 514 g/mol. The number of nitrogens with one attached hydrogen (secondary N) is 2. The molecule has 1 aromatic heterocycles. The van der Waals surface area contributed by atoms with E-state index in [1.54, 1.807) is 18.3 Å². The van der Waals surface area contributed by atoms with Crippen LogP contribution >= 0.6 is 0 Å². The van der Waals surface area contributed by atoms with Crippen molar-refractivity contribution in [3.8, 4) is 0 Å². The highest BCUT2D eigenvalue weighted by atomic mass is 16.4. The highest BCUT2D eigenvalue weighted by Crippen LogP contribution is 2.08. The average Bonchev–Trinajstić information content (AvgIpc) is 2.97. The van der Waals surface area contributed by atoms with Gasteiger partial charge in [-0.3, -0.25) is 19.4 Å². The Balaban J connectivity index is 2.07. The zero-order chi connectivity index (χ0) is 29.8. The maximum Gasteiger partial charge on any atom is 0.306 e. The summed E-state index contributed by atoms with van der Waals surface area (Å²) in [5.41, 5.74) is 0.429. The number of aliphatic carboxylic acids is 1. The molecule has 222 valence electrons. The Hall–Kier alpha value is -4.00. The third-order valence-corrected chi connectivity index (χ3v) is 6.00. The summed E-state index contributed by atoms with van der Waals surface area (Å²) in [5, 5.41) is 14.9. The molecule has 1 atom stereocenters. The Bertz CT molecular complexity index is 1040. The van der Waals surface area contributed by atoms with Crippen molar-refractivity contribution >= 4 is 17.8 Å². The van der Waals surface area contributed by atoms with Crippen LogP contribution in [-0.2, 0) is 9.59 Å². The molecule has 7 heteroatoms. The van der Waals surface area contributed by atoms with E-state index in [0.29, 0.717) is 24.8 Å². The van der Waals surface area contributed by atoms with Crippen LogP contribution in [0, 0.1) is 5.92 Å². The lowest BCUT2D eigenvalue weighted by Crippen LogP contribution is -2.31. The van der Waals surface area contributed by atoms with Gasteiger partial charge in [-0.15, -0.1) is 0 Å². The molecule has 0 fully saturated rings. The molecule has 0 aliphatic carbocycles. The normalized spacial score (nSPS) is 12.9. The SMILES string of the molecule is CC/C=C\C/C=C\C/C=C\C/C=C\C/C=C\C/C=C\CCC(=O)NCCC(CCNC(=O)c1cccnc1)C(=O)O. The monoisotopic (exact) mass is 561 g/mol. The maximum atomic E-state index is 12.0. The molecule has 0 spiro atoms. The Labute approximate surface area is 245 Å². The van der Waals surface area contributed by atoms with E-state index in [2.05, 4.69) is 83.3 Å². The zero-order valence-electron chi connectivity index (χ0n) is 24.4. The summed E-state index contributed by atoms with van der Waals surface area (Å²) >= 11 is 0. The van der Waals surface area contributed by atoms with Gasteiger partial charge in [-0.25, -0.2) is 0 Å². The number of pyridine rings is 1. The van der Waals surface area contributed by atoms with E-state index in [1.165, 1.54) is 6.20 Å². The molecule has 1 aromatic rings. The summed E-state index contributed by atoms with van der Waals surface area (Å²) < 4.78 is 0. The number of rotatable bonds is 22. The van der Waals surface area contributed by atoms with Crippen LogP contribution in [0.2, 0.25) is 0 Å². The standard InChI is InChI=1S/C34H47N3O4/c1-2-3-4-5-6-7-8-9-10-11-12-13-14-15-16-17-18-19-20-23-32(38)36-27-24-30(34(40)41)25-28-37-33(39)31-22-21-26-35-29-31/h3-4,6-7,9-10,12-13,15-16,18-19,21-22,26,29-30H,2,5,8,11,14,17,20,23-25,27-28H2,1H3,(H,36,38)(H,37,39)(H,40,41)/b4-3-,7-6-,10-9-,13-12-,16-15-,19-18-. The lowest BCUT2D eigenvalue weighted by molar-refractivity contribution is -0.142. The molecular formula is C34H47N3O4. The molecule has 0 saturated carbocycles. The fraction of sp³-hybridized carbons (Fsp3) is 0.412. The van der Waals surface area contributed by atoms with Crippen molar-refractivity contribution in [2.45, 2.75) is 71.1 Å². The molecule has 1 unspecified atom stereocenters. The van der Waals surface area contributed by atoms with E-state index in [1.807, 2.05) is 12.2 Å². The van der Waals surface area contributed by atoms with Crippen molar-refractivity contribution in [3.63, 3.8) is 0 Å². The fourth-order valence-corrected chi connectivity index (χ4v) is 3.68. The molecule has 41 heavy (non-hydrogen) atoms. The van der Waals surface area contributed by atoms with Crippen LogP contribution in [0.25, 0.3) is 0 Å². The van der Waals surface area contributed by atoms with Gasteiger partial charge in [0, 0.05) is 31.9 Å². The van der Waals surface area contributed by atoms with Crippen molar-refractivity contribution in [2.75, 3.05) is 13.1 Å². The zero-order valence-corrected chi connectivity index (χ0v) is 24.4. The quantitative estimate of drug-likeness (QED) is 0.134. The number of amides is 2. The van der Waals surface area contributed by atoms with Crippen LogP contribution in [0.4, 0.5) is 0 Å². The largest absolute Gasteiger partial charge is 0.481 e. The highest BCUT2D eigenvalue weighted by Gasteiger charge is 2.17. The van der Waals surface area contributed by atoms with Gasteiger partial charge in [0.1, 0.15) is 0 Å². The molecule has 0 aromatic carbocycles. The smallest absolute Gasteiger partial charge is 0.306 e. The van der Waals surface area contributed by atoms with Crippen molar-refractivity contribution in [2.24, 2.45) is 5.92 Å². The van der Waals surface area contributed by atoms with E-state index in [4.69, 9.17) is 0 Å². The highest BCUT2D eigenvalue weighted by molar-refractivity contribution is 5.93. The molecule has 0 saturated heterocycles. The summed E-state index contributed by atoms with van der Waals surface area (Å²) in [6, 6.07) is 3.31. The molecule has 1 rings (SSSR count). The molecule has 2 amide bonds. The first-order valence-corrected chi connectivity index (χ1v) is 14.6. The Kier molecular flexibility index (Phi) is 21.4. The van der Waals surface area contributed by atoms with Crippen molar-refractivity contribution in [1.29, 1.82) is 0 Å². The first kappa shape index (κ1) is 35.0. The van der Waals surface area contributed by atoms with E-state index in [-0.39, 0.29) is 31.3 Å². The van der Waals surface area contributed by atoms with Gasteiger partial charge < -0.3 is 15.7 Å².